The summed E-state index contributed by atoms with van der Waals surface area (Å²) in [5, 5.41) is 2.83. The van der Waals surface area contributed by atoms with E-state index < -0.39 is 11.9 Å². The van der Waals surface area contributed by atoms with E-state index in [9.17, 15) is 9.59 Å². The van der Waals surface area contributed by atoms with E-state index in [0.29, 0.717) is 13.0 Å². The third kappa shape index (κ3) is 3.32. The van der Waals surface area contributed by atoms with Crippen LogP contribution in [0.15, 0.2) is 35.7 Å². The molecule has 6 heteroatoms. The van der Waals surface area contributed by atoms with Gasteiger partial charge in [-0.25, -0.2) is 4.98 Å². The number of fused-ring (bicyclic) bond motifs is 1. The maximum Gasteiger partial charge on any atom is 0.247 e. The van der Waals surface area contributed by atoms with Gasteiger partial charge in [0.1, 0.15) is 6.04 Å². The van der Waals surface area contributed by atoms with Crippen molar-refractivity contribution < 1.29 is 9.59 Å². The summed E-state index contributed by atoms with van der Waals surface area (Å²) >= 11 is 1.53. The van der Waals surface area contributed by atoms with Crippen molar-refractivity contribution in [2.75, 3.05) is 0 Å². The van der Waals surface area contributed by atoms with Crippen LogP contribution in [-0.4, -0.2) is 27.7 Å². The fraction of sp³-hybridized carbons (Fsp3) is 0.235. The van der Waals surface area contributed by atoms with Crippen molar-refractivity contribution in [3.05, 3.63) is 57.6 Å². The Morgan fingerprint density at radius 2 is 2.09 bits per heavy atom. The number of primary amides is 1. The number of hydrogen-bond donors (Lipinski definition) is 1. The van der Waals surface area contributed by atoms with E-state index in [-0.39, 0.29) is 5.91 Å². The van der Waals surface area contributed by atoms with Crippen molar-refractivity contribution in [2.24, 2.45) is 5.73 Å². The molecule has 1 unspecified atom stereocenters. The molecule has 3 rings (SSSR count). The number of carbonyl (C=O) groups is 2. The fourth-order valence-electron chi connectivity index (χ4n) is 2.72. The Morgan fingerprint density at radius 3 is 2.74 bits per heavy atom. The number of thiazole rings is 1. The highest BCUT2D eigenvalue weighted by Crippen LogP contribution is 2.23. The number of aryl methyl sites for hydroxylation is 1. The van der Waals surface area contributed by atoms with Gasteiger partial charge in [0.15, 0.2) is 0 Å². The molecule has 0 saturated heterocycles. The highest BCUT2D eigenvalue weighted by molar-refractivity contribution is 7.09. The number of hydrogen-bond acceptors (Lipinski definition) is 4. The number of carbonyl (C=O) groups excluding carboxylic acids is 2. The molecule has 1 aliphatic rings. The molecular weight excluding hydrogens is 310 g/mol. The summed E-state index contributed by atoms with van der Waals surface area (Å²) in [4.78, 5) is 30.1. The lowest BCUT2D eigenvalue weighted by Gasteiger charge is -2.34. The molecule has 5 nitrogen and oxygen atoms in total. The summed E-state index contributed by atoms with van der Waals surface area (Å²) in [5.74, 6) is -0.709. The minimum absolute atomic E-state index is 0.228. The summed E-state index contributed by atoms with van der Waals surface area (Å²) in [5.41, 5.74) is 8.36. The van der Waals surface area contributed by atoms with Crippen LogP contribution in [0.2, 0.25) is 0 Å². The molecule has 1 aromatic heterocycles. The molecule has 0 bridgehead atoms. The van der Waals surface area contributed by atoms with E-state index in [1.807, 2.05) is 36.6 Å². The van der Waals surface area contributed by atoms with Crippen LogP contribution < -0.4 is 5.73 Å². The molecule has 0 radical (unpaired) electrons. The summed E-state index contributed by atoms with van der Waals surface area (Å²) in [6, 6.07) is 7.19. The molecule has 0 saturated carbocycles. The first-order valence-electron chi connectivity index (χ1n) is 7.31. The van der Waals surface area contributed by atoms with Crippen LogP contribution in [0.4, 0.5) is 0 Å². The summed E-state index contributed by atoms with van der Waals surface area (Å²) in [6.45, 7) is 2.30. The zero-order valence-electron chi connectivity index (χ0n) is 12.7. The number of amides is 2. The molecule has 118 valence electrons. The van der Waals surface area contributed by atoms with Crippen LogP contribution >= 0.6 is 11.3 Å². The Hall–Kier alpha value is -2.47. The van der Waals surface area contributed by atoms with Crippen molar-refractivity contribution in [1.29, 1.82) is 0 Å². The van der Waals surface area contributed by atoms with Crippen molar-refractivity contribution in [3.8, 4) is 0 Å². The van der Waals surface area contributed by atoms with Gasteiger partial charge in [0.2, 0.25) is 11.8 Å². The van der Waals surface area contributed by atoms with E-state index in [4.69, 9.17) is 5.73 Å². The summed E-state index contributed by atoms with van der Waals surface area (Å²) in [6.07, 6.45) is 3.59. The van der Waals surface area contributed by atoms with Gasteiger partial charge < -0.3 is 10.6 Å². The quantitative estimate of drug-likeness (QED) is 0.875. The van der Waals surface area contributed by atoms with Gasteiger partial charge in [-0.05, 0) is 24.1 Å². The van der Waals surface area contributed by atoms with E-state index in [0.717, 1.165) is 21.8 Å². The van der Waals surface area contributed by atoms with Gasteiger partial charge >= 0.3 is 0 Å². The van der Waals surface area contributed by atoms with Crippen LogP contribution in [0, 0.1) is 6.92 Å². The molecule has 0 fully saturated rings. The molecular formula is C17H17N3O2S. The number of nitrogens with two attached hydrogens (primary N) is 1. The van der Waals surface area contributed by atoms with Gasteiger partial charge in [-0.1, -0.05) is 24.3 Å². The zero-order valence-corrected chi connectivity index (χ0v) is 13.5. The number of benzene rings is 1. The van der Waals surface area contributed by atoms with E-state index in [2.05, 4.69) is 4.98 Å². The number of aromatic nitrogens is 1. The Balaban J connectivity index is 1.83. The topological polar surface area (TPSA) is 76.3 Å². The third-order valence-electron chi connectivity index (χ3n) is 3.89. The molecule has 2 heterocycles. The largest absolute Gasteiger partial charge is 0.368 e. The first-order chi connectivity index (χ1) is 11.0. The number of rotatable bonds is 3. The van der Waals surface area contributed by atoms with Crippen LogP contribution in [0.25, 0.3) is 6.08 Å². The van der Waals surface area contributed by atoms with Gasteiger partial charge in [-0.15, -0.1) is 11.3 Å². The maximum atomic E-state index is 12.5. The molecule has 2 amide bonds. The van der Waals surface area contributed by atoms with Gasteiger partial charge in [-0.3, -0.25) is 9.59 Å². The first kappa shape index (κ1) is 15.4. The van der Waals surface area contributed by atoms with Crippen molar-refractivity contribution in [1.82, 2.24) is 9.88 Å². The lowest BCUT2D eigenvalue weighted by atomic mass is 9.93. The third-order valence-corrected chi connectivity index (χ3v) is 4.69. The van der Waals surface area contributed by atoms with Crippen LogP contribution in [-0.2, 0) is 22.6 Å². The molecule has 0 aliphatic carbocycles. The Morgan fingerprint density at radius 1 is 1.35 bits per heavy atom. The van der Waals surface area contributed by atoms with E-state index >= 15 is 0 Å². The predicted molar refractivity (Wildman–Crippen MR) is 89.6 cm³/mol. The predicted octanol–water partition coefficient (Wildman–Crippen LogP) is 1.90. The Bertz CT molecular complexity index is 782. The van der Waals surface area contributed by atoms with Gasteiger partial charge in [0, 0.05) is 24.4 Å². The molecule has 2 N–H and O–H groups in total. The Labute approximate surface area is 138 Å². The van der Waals surface area contributed by atoms with Crippen LogP contribution in [0.3, 0.4) is 0 Å². The molecule has 1 aromatic carbocycles. The lowest BCUT2D eigenvalue weighted by molar-refractivity contribution is -0.136. The summed E-state index contributed by atoms with van der Waals surface area (Å²) < 4.78 is 0. The van der Waals surface area contributed by atoms with Gasteiger partial charge in [0.25, 0.3) is 0 Å². The SMILES string of the molecule is Cc1nc(/C=C/C(=O)N2Cc3ccccc3CC2C(N)=O)cs1. The standard InChI is InChI=1S/C17H17N3O2S/c1-11-19-14(10-23-11)6-7-16(21)20-9-13-5-3-2-4-12(13)8-15(20)17(18)22/h2-7,10,15H,8-9H2,1H3,(H2,18,22)/b7-6+. The highest BCUT2D eigenvalue weighted by atomic mass is 32.1. The highest BCUT2D eigenvalue weighted by Gasteiger charge is 2.32. The zero-order chi connectivity index (χ0) is 16.4. The maximum absolute atomic E-state index is 12.5. The van der Waals surface area contributed by atoms with Crippen LogP contribution in [0.1, 0.15) is 21.8 Å². The fourth-order valence-corrected chi connectivity index (χ4v) is 3.30. The van der Waals surface area contributed by atoms with Gasteiger partial charge in [0.05, 0.1) is 10.7 Å². The smallest absolute Gasteiger partial charge is 0.247 e. The second-order valence-electron chi connectivity index (χ2n) is 5.48. The average molecular weight is 327 g/mol. The number of nitrogens with zero attached hydrogens (tertiary/aromatic N) is 2. The molecule has 23 heavy (non-hydrogen) atoms. The Kier molecular flexibility index (Phi) is 4.25. The first-order valence-corrected chi connectivity index (χ1v) is 8.19. The molecule has 1 aliphatic heterocycles. The van der Waals surface area contributed by atoms with E-state index in [1.165, 1.54) is 22.3 Å². The molecule has 1 atom stereocenters. The molecule has 0 spiro atoms. The second-order valence-corrected chi connectivity index (χ2v) is 6.54. The molecule has 2 aromatic rings. The lowest BCUT2D eigenvalue weighted by Crippen LogP contribution is -2.50. The van der Waals surface area contributed by atoms with Crippen molar-refractivity contribution >= 4 is 29.2 Å². The van der Waals surface area contributed by atoms with Crippen molar-refractivity contribution in [2.45, 2.75) is 25.9 Å². The monoisotopic (exact) mass is 327 g/mol. The van der Waals surface area contributed by atoms with E-state index in [1.54, 1.807) is 6.08 Å². The van der Waals surface area contributed by atoms with Crippen LogP contribution in [0.5, 0.6) is 0 Å². The van der Waals surface area contributed by atoms with Crippen molar-refractivity contribution in [3.63, 3.8) is 0 Å². The van der Waals surface area contributed by atoms with Gasteiger partial charge in [-0.2, -0.15) is 0 Å². The minimum atomic E-state index is -0.612. The summed E-state index contributed by atoms with van der Waals surface area (Å²) in [7, 11) is 0. The average Bonchev–Trinajstić information content (AvgIpc) is 2.96. The normalized spacial score (nSPS) is 17.3. The minimum Gasteiger partial charge on any atom is -0.368 e. The second kappa shape index (κ2) is 6.34.